The molecule has 2 aliphatic rings. The lowest BCUT2D eigenvalue weighted by atomic mass is 9.69. The van der Waals surface area contributed by atoms with Crippen LogP contribution in [-0.4, -0.2) is 30.5 Å². The number of halogens is 4. The molecule has 1 aliphatic heterocycles. The number of benzene rings is 3. The predicted molar refractivity (Wildman–Crippen MR) is 137 cm³/mol. The zero-order chi connectivity index (χ0) is 27.1. The lowest BCUT2D eigenvalue weighted by Gasteiger charge is -2.57. The number of carbonyl (C=O) groups is 2. The normalized spacial score (nSPS) is 20.4. The van der Waals surface area contributed by atoms with E-state index in [0.29, 0.717) is 46.8 Å². The van der Waals surface area contributed by atoms with Gasteiger partial charge < -0.3 is 14.8 Å². The minimum Gasteiger partial charge on any atom is -0.462 e. The number of hydrogen-bond donors (Lipinski definition) is 1. The Bertz CT molecular complexity index is 1370. The van der Waals surface area contributed by atoms with Gasteiger partial charge in [-0.1, -0.05) is 29.8 Å². The zero-order valence-electron chi connectivity index (χ0n) is 20.3. The van der Waals surface area contributed by atoms with Crippen LogP contribution in [0.5, 0.6) is 5.75 Å². The average Bonchev–Trinajstić information content (AvgIpc) is 2.84. The molecule has 1 heterocycles. The Morgan fingerprint density at radius 3 is 2.47 bits per heavy atom. The maximum absolute atomic E-state index is 13.8. The van der Waals surface area contributed by atoms with E-state index in [-0.39, 0.29) is 24.2 Å². The highest BCUT2D eigenvalue weighted by Crippen LogP contribution is 2.50. The first-order valence-electron chi connectivity index (χ1n) is 12.1. The van der Waals surface area contributed by atoms with Crippen molar-refractivity contribution < 1.29 is 32.2 Å². The van der Waals surface area contributed by atoms with E-state index in [1.54, 1.807) is 24.0 Å². The standard InChI is InChI=1S/C28H24ClF3N2O4/c1-2-37-26(36)19-7-12-22-24(14-19)33-27(15-17(16-27)13-18-5-3-4-6-23(18)29)34(25(22)35)20-8-10-21(11-9-20)38-28(30,31)32/h3-12,14,17,33H,2,13,15-16H2,1H3. The summed E-state index contributed by atoms with van der Waals surface area (Å²) in [6.45, 7) is 1.93. The Kier molecular flexibility index (Phi) is 6.73. The summed E-state index contributed by atoms with van der Waals surface area (Å²) in [6, 6.07) is 17.5. The molecule has 5 rings (SSSR count). The summed E-state index contributed by atoms with van der Waals surface area (Å²) in [4.78, 5) is 27.7. The van der Waals surface area contributed by atoms with Crippen LogP contribution < -0.4 is 15.0 Å². The molecule has 6 nitrogen and oxygen atoms in total. The van der Waals surface area contributed by atoms with Crippen molar-refractivity contribution in [2.45, 2.75) is 38.2 Å². The Morgan fingerprint density at radius 1 is 1.11 bits per heavy atom. The summed E-state index contributed by atoms with van der Waals surface area (Å²) in [5, 5.41) is 4.13. The molecule has 1 fully saturated rings. The lowest BCUT2D eigenvalue weighted by molar-refractivity contribution is -0.274. The van der Waals surface area contributed by atoms with Crippen molar-refractivity contribution in [1.29, 1.82) is 0 Å². The molecule has 198 valence electrons. The number of nitrogens with one attached hydrogen (secondary N) is 1. The Morgan fingerprint density at radius 2 is 1.82 bits per heavy atom. The van der Waals surface area contributed by atoms with E-state index in [0.717, 1.165) is 5.56 Å². The van der Waals surface area contributed by atoms with E-state index in [2.05, 4.69) is 10.1 Å². The first-order chi connectivity index (χ1) is 18.1. The van der Waals surface area contributed by atoms with Crippen molar-refractivity contribution >= 4 is 34.9 Å². The third-order valence-corrected chi connectivity index (χ3v) is 7.18. The third kappa shape index (κ3) is 5.03. The van der Waals surface area contributed by atoms with Crippen LogP contribution in [0.15, 0.2) is 66.7 Å². The minimum absolute atomic E-state index is 0.195. The molecule has 0 saturated heterocycles. The van der Waals surface area contributed by atoms with Crippen molar-refractivity contribution in [1.82, 2.24) is 0 Å². The van der Waals surface area contributed by atoms with Gasteiger partial charge >= 0.3 is 12.3 Å². The molecule has 1 amide bonds. The molecule has 0 radical (unpaired) electrons. The summed E-state index contributed by atoms with van der Waals surface area (Å²) in [5.41, 5.74) is 1.75. The van der Waals surface area contributed by atoms with E-state index in [1.807, 2.05) is 24.3 Å². The van der Waals surface area contributed by atoms with E-state index in [4.69, 9.17) is 16.3 Å². The highest BCUT2D eigenvalue weighted by Gasteiger charge is 2.54. The molecule has 0 aromatic heterocycles. The van der Waals surface area contributed by atoms with Gasteiger partial charge in [0.1, 0.15) is 11.4 Å². The number of fused-ring (bicyclic) bond motifs is 1. The molecule has 3 aromatic carbocycles. The fourth-order valence-electron chi connectivity index (χ4n) is 5.26. The highest BCUT2D eigenvalue weighted by atomic mass is 35.5. The van der Waals surface area contributed by atoms with Gasteiger partial charge in [0.15, 0.2) is 0 Å². The summed E-state index contributed by atoms with van der Waals surface area (Å²) in [7, 11) is 0. The van der Waals surface area contributed by atoms with Gasteiger partial charge in [-0.2, -0.15) is 0 Å². The van der Waals surface area contributed by atoms with Gasteiger partial charge in [0.05, 0.1) is 17.7 Å². The highest BCUT2D eigenvalue weighted by molar-refractivity contribution is 6.31. The van der Waals surface area contributed by atoms with Crippen molar-refractivity contribution in [3.8, 4) is 5.75 Å². The Hall–Kier alpha value is -3.72. The second kappa shape index (κ2) is 9.87. The number of hydrogen-bond acceptors (Lipinski definition) is 5. The molecule has 0 unspecified atom stereocenters. The number of nitrogens with zero attached hydrogens (tertiary/aromatic N) is 1. The molecule has 1 spiro atoms. The molecule has 0 atom stereocenters. The molecular weight excluding hydrogens is 521 g/mol. The molecule has 1 aliphatic carbocycles. The van der Waals surface area contributed by atoms with Gasteiger partial charge in [-0.3, -0.25) is 9.69 Å². The Balaban J connectivity index is 1.48. The topological polar surface area (TPSA) is 67.9 Å². The van der Waals surface area contributed by atoms with Gasteiger partial charge in [0.25, 0.3) is 5.91 Å². The first-order valence-corrected chi connectivity index (χ1v) is 12.5. The summed E-state index contributed by atoms with van der Waals surface area (Å²) in [5.74, 6) is -1.00. The number of ether oxygens (including phenoxy) is 2. The smallest absolute Gasteiger partial charge is 0.462 e. The summed E-state index contributed by atoms with van der Waals surface area (Å²) in [6.07, 6.45) is -2.98. The molecule has 0 bridgehead atoms. The summed E-state index contributed by atoms with van der Waals surface area (Å²) < 4.78 is 47.1. The van der Waals surface area contributed by atoms with Crippen LogP contribution in [0.1, 0.15) is 46.0 Å². The Labute approximate surface area is 222 Å². The molecule has 38 heavy (non-hydrogen) atoms. The molecule has 1 saturated carbocycles. The van der Waals surface area contributed by atoms with Gasteiger partial charge in [-0.05, 0) is 86.2 Å². The minimum atomic E-state index is -4.82. The molecule has 10 heteroatoms. The third-order valence-electron chi connectivity index (χ3n) is 6.81. The van der Waals surface area contributed by atoms with E-state index in [1.165, 1.54) is 30.3 Å². The summed E-state index contributed by atoms with van der Waals surface area (Å²) >= 11 is 6.36. The average molecular weight is 545 g/mol. The van der Waals surface area contributed by atoms with Crippen LogP contribution in [0, 0.1) is 5.92 Å². The molecule has 1 N–H and O–H groups in total. The van der Waals surface area contributed by atoms with E-state index in [9.17, 15) is 22.8 Å². The zero-order valence-corrected chi connectivity index (χ0v) is 21.1. The number of carbonyl (C=O) groups excluding carboxylic acids is 2. The van der Waals surface area contributed by atoms with Crippen molar-refractivity contribution in [2.24, 2.45) is 5.92 Å². The second-order valence-electron chi connectivity index (χ2n) is 9.39. The number of esters is 1. The van der Waals surface area contributed by atoms with Crippen LogP contribution >= 0.6 is 11.6 Å². The van der Waals surface area contributed by atoms with Gasteiger partial charge in [0, 0.05) is 16.4 Å². The fraction of sp³-hybridized carbons (Fsp3) is 0.286. The second-order valence-corrected chi connectivity index (χ2v) is 9.80. The predicted octanol–water partition coefficient (Wildman–Crippen LogP) is 6.84. The van der Waals surface area contributed by atoms with Crippen LogP contribution in [0.2, 0.25) is 5.02 Å². The van der Waals surface area contributed by atoms with Crippen molar-refractivity contribution in [3.63, 3.8) is 0 Å². The van der Waals surface area contributed by atoms with E-state index >= 15 is 0 Å². The monoisotopic (exact) mass is 544 g/mol. The lowest BCUT2D eigenvalue weighted by Crippen LogP contribution is -2.67. The van der Waals surface area contributed by atoms with Gasteiger partial charge in [0.2, 0.25) is 0 Å². The van der Waals surface area contributed by atoms with Crippen molar-refractivity contribution in [2.75, 3.05) is 16.8 Å². The molecular formula is C28H24ClF3N2O4. The number of amides is 1. The van der Waals surface area contributed by atoms with Crippen molar-refractivity contribution in [3.05, 3.63) is 88.4 Å². The maximum atomic E-state index is 13.8. The number of alkyl halides is 3. The molecule has 3 aromatic rings. The van der Waals surface area contributed by atoms with Crippen LogP contribution in [0.25, 0.3) is 0 Å². The van der Waals surface area contributed by atoms with Gasteiger partial charge in [-0.25, -0.2) is 4.79 Å². The quantitative estimate of drug-likeness (QED) is 0.344. The van der Waals surface area contributed by atoms with Crippen LogP contribution in [0.4, 0.5) is 24.5 Å². The van der Waals surface area contributed by atoms with Crippen LogP contribution in [0.3, 0.4) is 0 Å². The van der Waals surface area contributed by atoms with Gasteiger partial charge in [-0.15, -0.1) is 13.2 Å². The largest absolute Gasteiger partial charge is 0.573 e. The first kappa shape index (κ1) is 25.9. The van der Waals surface area contributed by atoms with Crippen LogP contribution in [-0.2, 0) is 11.2 Å². The maximum Gasteiger partial charge on any atom is 0.573 e. The fourth-order valence-corrected chi connectivity index (χ4v) is 5.47. The SMILES string of the molecule is CCOC(=O)c1ccc2c(c1)NC1(CC(Cc3ccccc3Cl)C1)N(c1ccc(OC(F)(F)F)cc1)C2=O. The number of anilines is 2. The van der Waals surface area contributed by atoms with E-state index < -0.39 is 18.0 Å². The number of rotatable bonds is 6.